The van der Waals surface area contributed by atoms with Crippen LogP contribution in [0.25, 0.3) is 0 Å². The van der Waals surface area contributed by atoms with E-state index in [9.17, 15) is 18.4 Å². The maximum absolute atomic E-state index is 14.4. The smallest absolute Gasteiger partial charge is 0.409 e. The van der Waals surface area contributed by atoms with E-state index in [-0.39, 0.29) is 17.7 Å². The molecule has 2 fully saturated rings. The number of para-hydroxylation sites is 1. The molecule has 2 saturated heterocycles. The molecule has 29 heavy (non-hydrogen) atoms. The molecule has 0 aromatic heterocycles. The lowest BCUT2D eigenvalue weighted by Crippen LogP contribution is -2.53. The van der Waals surface area contributed by atoms with Crippen LogP contribution in [-0.2, 0) is 15.5 Å². The summed E-state index contributed by atoms with van der Waals surface area (Å²) in [5, 5.41) is 0. The predicted octanol–water partition coefficient (Wildman–Crippen LogP) is 3.21. The van der Waals surface area contributed by atoms with Gasteiger partial charge in [0.1, 0.15) is 0 Å². The van der Waals surface area contributed by atoms with Crippen molar-refractivity contribution in [1.29, 1.82) is 0 Å². The topological polar surface area (TPSA) is 53.1 Å². The Kier molecular flexibility index (Phi) is 5.46. The molecule has 3 heterocycles. The minimum atomic E-state index is -3.44. The fourth-order valence-corrected chi connectivity index (χ4v) is 4.83. The average Bonchev–Trinajstić information content (AvgIpc) is 2.95. The number of carbonyl (C=O) groups excluding carboxylic acids is 2. The third kappa shape index (κ3) is 3.58. The molecule has 0 bridgehead atoms. The lowest BCUT2D eigenvalue weighted by molar-refractivity contribution is -0.142. The molecule has 3 aliphatic heterocycles. The van der Waals surface area contributed by atoms with E-state index in [1.807, 2.05) is 0 Å². The number of ether oxygens (including phenoxy) is 1. The van der Waals surface area contributed by atoms with Gasteiger partial charge in [0, 0.05) is 38.3 Å². The van der Waals surface area contributed by atoms with Crippen molar-refractivity contribution in [1.82, 2.24) is 9.80 Å². The van der Waals surface area contributed by atoms with Crippen molar-refractivity contribution in [3.8, 4) is 0 Å². The highest BCUT2D eigenvalue weighted by atomic mass is 19.3. The van der Waals surface area contributed by atoms with Gasteiger partial charge in [0.15, 0.2) is 0 Å². The SMILES string of the molecule is CCOC(=O)N1CCC(N2CCC(N3C(=O)C(F)(F)c4ccccc43)CC2)CC1. The quantitative estimate of drug-likeness (QED) is 0.772. The number of halogens is 2. The summed E-state index contributed by atoms with van der Waals surface area (Å²) in [4.78, 5) is 29.7. The van der Waals surface area contributed by atoms with Crippen LogP contribution >= 0.6 is 0 Å². The van der Waals surface area contributed by atoms with Crippen molar-refractivity contribution in [2.45, 2.75) is 50.6 Å². The molecule has 1 aromatic carbocycles. The van der Waals surface area contributed by atoms with Crippen LogP contribution < -0.4 is 4.90 Å². The van der Waals surface area contributed by atoms with E-state index in [2.05, 4.69) is 4.90 Å². The zero-order valence-corrected chi connectivity index (χ0v) is 16.7. The van der Waals surface area contributed by atoms with Gasteiger partial charge >= 0.3 is 17.9 Å². The van der Waals surface area contributed by atoms with Crippen molar-refractivity contribution in [3.63, 3.8) is 0 Å². The fourth-order valence-electron chi connectivity index (χ4n) is 4.83. The second kappa shape index (κ2) is 7.89. The van der Waals surface area contributed by atoms with Crippen LogP contribution in [0.5, 0.6) is 0 Å². The Balaban J connectivity index is 1.35. The Bertz CT molecular complexity index is 772. The van der Waals surface area contributed by atoms with Crippen molar-refractivity contribution in [3.05, 3.63) is 29.8 Å². The van der Waals surface area contributed by atoms with Gasteiger partial charge in [-0.2, -0.15) is 8.78 Å². The van der Waals surface area contributed by atoms with Crippen LogP contribution in [0.15, 0.2) is 24.3 Å². The van der Waals surface area contributed by atoms with Gasteiger partial charge in [-0.3, -0.25) is 4.79 Å². The van der Waals surface area contributed by atoms with Crippen LogP contribution in [0.1, 0.15) is 38.2 Å². The number of hydrogen-bond donors (Lipinski definition) is 0. The van der Waals surface area contributed by atoms with Gasteiger partial charge in [-0.1, -0.05) is 18.2 Å². The number of likely N-dealkylation sites (tertiary alicyclic amines) is 2. The van der Waals surface area contributed by atoms with Crippen molar-refractivity contribution in [2.24, 2.45) is 0 Å². The van der Waals surface area contributed by atoms with E-state index >= 15 is 0 Å². The molecule has 0 saturated carbocycles. The highest BCUT2D eigenvalue weighted by Gasteiger charge is 2.54. The molecule has 0 atom stereocenters. The lowest BCUT2D eigenvalue weighted by Gasteiger charge is -2.43. The Morgan fingerprint density at radius 3 is 2.34 bits per heavy atom. The molecule has 0 unspecified atom stereocenters. The number of amides is 2. The minimum absolute atomic E-state index is 0.182. The molecule has 0 radical (unpaired) electrons. The molecule has 0 N–H and O–H groups in total. The largest absolute Gasteiger partial charge is 0.450 e. The molecule has 2 amide bonds. The molecular weight excluding hydrogens is 380 g/mol. The van der Waals surface area contributed by atoms with Crippen LogP contribution in [0.4, 0.5) is 19.3 Å². The second-order valence-electron chi connectivity index (χ2n) is 7.95. The summed E-state index contributed by atoms with van der Waals surface area (Å²) >= 11 is 0. The second-order valence-corrected chi connectivity index (χ2v) is 7.95. The Hall–Kier alpha value is -2.22. The molecule has 6 nitrogen and oxygen atoms in total. The molecular formula is C21H27F2N3O3. The van der Waals surface area contributed by atoms with Gasteiger partial charge in [-0.05, 0) is 38.7 Å². The van der Waals surface area contributed by atoms with E-state index in [4.69, 9.17) is 4.74 Å². The number of rotatable bonds is 3. The first-order chi connectivity index (χ1) is 13.9. The predicted molar refractivity (Wildman–Crippen MR) is 104 cm³/mol. The number of nitrogens with zero attached hydrogens (tertiary/aromatic N) is 3. The van der Waals surface area contributed by atoms with E-state index < -0.39 is 11.8 Å². The van der Waals surface area contributed by atoms with Gasteiger partial charge in [0.2, 0.25) is 0 Å². The van der Waals surface area contributed by atoms with E-state index in [0.29, 0.717) is 44.3 Å². The zero-order chi connectivity index (χ0) is 20.6. The molecule has 4 rings (SSSR count). The maximum Gasteiger partial charge on any atom is 0.409 e. The summed E-state index contributed by atoms with van der Waals surface area (Å²) in [6.07, 6.45) is 2.86. The third-order valence-corrected chi connectivity index (χ3v) is 6.36. The van der Waals surface area contributed by atoms with Crippen LogP contribution in [0, 0.1) is 0 Å². The van der Waals surface area contributed by atoms with Crippen LogP contribution in [-0.4, -0.2) is 66.7 Å². The lowest BCUT2D eigenvalue weighted by atomic mass is 9.97. The van der Waals surface area contributed by atoms with Crippen molar-refractivity contribution < 1.29 is 23.1 Å². The first-order valence-electron chi connectivity index (χ1n) is 10.4. The molecule has 3 aliphatic rings. The number of anilines is 1. The molecule has 158 valence electrons. The summed E-state index contributed by atoms with van der Waals surface area (Å²) in [5.41, 5.74) is 0.169. The number of alkyl halides is 2. The highest BCUT2D eigenvalue weighted by Crippen LogP contribution is 2.46. The van der Waals surface area contributed by atoms with Gasteiger partial charge in [0.05, 0.1) is 17.9 Å². The van der Waals surface area contributed by atoms with Crippen molar-refractivity contribution in [2.75, 3.05) is 37.7 Å². The normalized spacial score (nSPS) is 23.3. The number of carbonyl (C=O) groups is 2. The molecule has 0 aliphatic carbocycles. The van der Waals surface area contributed by atoms with Gasteiger partial charge in [-0.15, -0.1) is 0 Å². The Morgan fingerprint density at radius 1 is 1.07 bits per heavy atom. The van der Waals surface area contributed by atoms with Crippen LogP contribution in [0.3, 0.4) is 0 Å². The van der Waals surface area contributed by atoms with Crippen molar-refractivity contribution >= 4 is 17.7 Å². The van der Waals surface area contributed by atoms with Gasteiger partial charge in [0.25, 0.3) is 0 Å². The third-order valence-electron chi connectivity index (χ3n) is 6.36. The summed E-state index contributed by atoms with van der Waals surface area (Å²) in [6, 6.07) is 6.39. The van der Waals surface area contributed by atoms with E-state index in [1.165, 1.54) is 11.0 Å². The summed E-state index contributed by atoms with van der Waals surface area (Å²) < 4.78 is 33.9. The average molecular weight is 407 g/mol. The first-order valence-corrected chi connectivity index (χ1v) is 10.4. The summed E-state index contributed by atoms with van der Waals surface area (Å²) in [6.45, 7) is 5.07. The maximum atomic E-state index is 14.4. The Morgan fingerprint density at radius 2 is 1.69 bits per heavy atom. The minimum Gasteiger partial charge on any atom is -0.450 e. The zero-order valence-electron chi connectivity index (χ0n) is 16.7. The van der Waals surface area contributed by atoms with Crippen LogP contribution in [0.2, 0.25) is 0 Å². The molecule has 8 heteroatoms. The first kappa shape index (κ1) is 20.1. The van der Waals surface area contributed by atoms with Gasteiger partial charge in [-0.25, -0.2) is 4.79 Å². The Labute approximate surface area is 169 Å². The number of fused-ring (bicyclic) bond motifs is 1. The fraction of sp³-hybridized carbons (Fsp3) is 0.619. The van der Waals surface area contributed by atoms with E-state index in [0.717, 1.165) is 25.9 Å². The highest BCUT2D eigenvalue weighted by molar-refractivity contribution is 6.06. The number of benzene rings is 1. The number of hydrogen-bond acceptors (Lipinski definition) is 4. The monoisotopic (exact) mass is 407 g/mol. The molecule has 1 aromatic rings. The number of piperidine rings is 2. The van der Waals surface area contributed by atoms with E-state index in [1.54, 1.807) is 30.0 Å². The summed E-state index contributed by atoms with van der Waals surface area (Å²) in [7, 11) is 0. The molecule has 0 spiro atoms. The van der Waals surface area contributed by atoms with Gasteiger partial charge < -0.3 is 19.4 Å². The standard InChI is InChI=1S/C21H27F2N3O3/c1-2-29-20(28)25-13-7-15(8-14-25)24-11-9-16(10-12-24)26-18-6-4-3-5-17(18)21(22,23)19(26)27/h3-6,15-16H,2,7-14H2,1H3. The summed E-state index contributed by atoms with van der Waals surface area (Å²) in [5.74, 6) is -4.53.